The van der Waals surface area contributed by atoms with Crippen LogP contribution >= 0.6 is 0 Å². The number of amides is 2. The van der Waals surface area contributed by atoms with Crippen LogP contribution < -0.4 is 4.90 Å². The Morgan fingerprint density at radius 2 is 2.09 bits per heavy atom. The van der Waals surface area contributed by atoms with Crippen LogP contribution in [-0.4, -0.2) is 67.7 Å². The van der Waals surface area contributed by atoms with Crippen LogP contribution in [0.25, 0.3) is 0 Å². The molecule has 2 amide bonds. The van der Waals surface area contributed by atoms with E-state index in [2.05, 4.69) is 0 Å². The zero-order valence-corrected chi connectivity index (χ0v) is 13.1. The number of carbonyl (C=O) groups excluding carboxylic acids is 2. The number of cyclic esters (lactones) is 1. The van der Waals surface area contributed by atoms with Crippen LogP contribution in [0.3, 0.4) is 0 Å². The minimum Gasteiger partial charge on any atom is -0.448 e. The lowest BCUT2D eigenvalue weighted by atomic mass is 10.2. The number of rotatable bonds is 5. The Labute approximate surface area is 134 Å². The first-order chi connectivity index (χ1) is 11.1. The molecule has 0 bridgehead atoms. The highest BCUT2D eigenvalue weighted by Gasteiger charge is 2.36. The molecule has 0 unspecified atom stereocenters. The molecule has 0 spiro atoms. The Bertz CT molecular complexity index is 610. The number of para-hydroxylation sites is 1. The zero-order chi connectivity index (χ0) is 16.4. The molecule has 6 nitrogen and oxygen atoms in total. The maximum atomic E-state index is 13.9. The maximum absolute atomic E-state index is 13.9. The molecule has 0 saturated carbocycles. The molecular weight excluding hydrogens is 301 g/mol. The molecule has 7 heteroatoms. The van der Waals surface area contributed by atoms with Crippen LogP contribution in [-0.2, 0) is 9.53 Å². The second-order valence-electron chi connectivity index (χ2n) is 5.83. The standard InChI is InChI=1S/C16H20FN3O3/c1-18(8-9-19-10-11-23-16(19)22)14-6-7-20(15(14)21)13-5-3-2-4-12(13)17/h2-5,14H,6-11H2,1H3/t14-/m1/s1. The zero-order valence-electron chi connectivity index (χ0n) is 13.1. The number of carbonyl (C=O) groups is 2. The lowest BCUT2D eigenvalue weighted by Gasteiger charge is -2.25. The van der Waals surface area contributed by atoms with E-state index in [9.17, 15) is 14.0 Å². The molecule has 1 aromatic rings. The first kappa shape index (κ1) is 15.7. The number of hydrogen-bond acceptors (Lipinski definition) is 4. The van der Waals surface area contributed by atoms with Gasteiger partial charge in [-0.25, -0.2) is 9.18 Å². The van der Waals surface area contributed by atoms with E-state index in [4.69, 9.17) is 4.74 Å². The summed E-state index contributed by atoms with van der Waals surface area (Å²) in [5.41, 5.74) is 0.330. The summed E-state index contributed by atoms with van der Waals surface area (Å²) >= 11 is 0. The van der Waals surface area contributed by atoms with E-state index in [1.54, 1.807) is 23.1 Å². The van der Waals surface area contributed by atoms with E-state index in [0.717, 1.165) is 0 Å². The third-order valence-corrected chi connectivity index (χ3v) is 4.42. The summed E-state index contributed by atoms with van der Waals surface area (Å²) in [4.78, 5) is 29.0. The smallest absolute Gasteiger partial charge is 0.409 e. The van der Waals surface area contributed by atoms with Gasteiger partial charge >= 0.3 is 6.09 Å². The molecule has 2 aliphatic heterocycles. The summed E-state index contributed by atoms with van der Waals surface area (Å²) in [6.45, 7) is 2.62. The molecule has 2 fully saturated rings. The Kier molecular flexibility index (Phi) is 4.47. The van der Waals surface area contributed by atoms with Crippen molar-refractivity contribution >= 4 is 17.7 Å². The van der Waals surface area contributed by atoms with Gasteiger partial charge in [-0.2, -0.15) is 0 Å². The van der Waals surface area contributed by atoms with Crippen molar-refractivity contribution in [1.29, 1.82) is 0 Å². The predicted octanol–water partition coefficient (Wildman–Crippen LogP) is 1.31. The lowest BCUT2D eigenvalue weighted by Crippen LogP contribution is -2.43. The number of likely N-dealkylation sites (N-methyl/N-ethyl adjacent to an activating group) is 1. The quantitative estimate of drug-likeness (QED) is 0.821. The Balaban J connectivity index is 1.60. The van der Waals surface area contributed by atoms with Crippen molar-refractivity contribution in [1.82, 2.24) is 9.80 Å². The highest BCUT2D eigenvalue weighted by molar-refractivity contribution is 5.99. The Morgan fingerprint density at radius 3 is 2.78 bits per heavy atom. The van der Waals surface area contributed by atoms with Gasteiger partial charge in [0.25, 0.3) is 0 Å². The van der Waals surface area contributed by atoms with Crippen molar-refractivity contribution in [3.8, 4) is 0 Å². The van der Waals surface area contributed by atoms with Crippen molar-refractivity contribution in [2.24, 2.45) is 0 Å². The van der Waals surface area contributed by atoms with E-state index in [1.165, 1.54) is 11.0 Å². The van der Waals surface area contributed by atoms with Gasteiger partial charge < -0.3 is 14.5 Å². The van der Waals surface area contributed by atoms with E-state index in [-0.39, 0.29) is 23.9 Å². The number of ether oxygens (including phenoxy) is 1. The molecule has 1 atom stereocenters. The van der Waals surface area contributed by atoms with Crippen LogP contribution in [0, 0.1) is 5.82 Å². The molecule has 0 aromatic heterocycles. The van der Waals surface area contributed by atoms with E-state index in [1.807, 2.05) is 11.9 Å². The minimum atomic E-state index is -0.385. The lowest BCUT2D eigenvalue weighted by molar-refractivity contribution is -0.121. The number of halogens is 1. The minimum absolute atomic E-state index is 0.0957. The summed E-state index contributed by atoms with van der Waals surface area (Å²) in [5, 5.41) is 0. The third-order valence-electron chi connectivity index (χ3n) is 4.42. The Hall–Kier alpha value is -2.15. The van der Waals surface area contributed by atoms with Crippen molar-refractivity contribution in [3.63, 3.8) is 0 Å². The second-order valence-corrected chi connectivity index (χ2v) is 5.83. The topological polar surface area (TPSA) is 53.1 Å². The summed E-state index contributed by atoms with van der Waals surface area (Å²) < 4.78 is 18.8. The van der Waals surface area contributed by atoms with Gasteiger partial charge in [-0.1, -0.05) is 12.1 Å². The van der Waals surface area contributed by atoms with Gasteiger partial charge in [-0.05, 0) is 25.6 Å². The summed E-state index contributed by atoms with van der Waals surface area (Å²) in [6.07, 6.45) is 0.345. The fourth-order valence-corrected chi connectivity index (χ4v) is 3.05. The fraction of sp³-hybridized carbons (Fsp3) is 0.500. The molecule has 0 N–H and O–H groups in total. The van der Waals surface area contributed by atoms with Crippen molar-refractivity contribution in [2.75, 3.05) is 44.7 Å². The molecule has 0 radical (unpaired) electrons. The molecule has 0 aliphatic carbocycles. The molecule has 1 aromatic carbocycles. The van der Waals surface area contributed by atoms with E-state index < -0.39 is 0 Å². The number of anilines is 1. The van der Waals surface area contributed by atoms with Crippen molar-refractivity contribution in [2.45, 2.75) is 12.5 Å². The summed E-state index contributed by atoms with van der Waals surface area (Å²) in [7, 11) is 1.86. The van der Waals surface area contributed by atoms with Crippen LogP contribution in [0.5, 0.6) is 0 Å². The van der Waals surface area contributed by atoms with Crippen molar-refractivity contribution in [3.05, 3.63) is 30.1 Å². The Morgan fingerprint density at radius 1 is 1.30 bits per heavy atom. The molecule has 3 rings (SSSR count). The van der Waals surface area contributed by atoms with Crippen LogP contribution in [0.1, 0.15) is 6.42 Å². The number of hydrogen-bond donors (Lipinski definition) is 0. The van der Waals surface area contributed by atoms with Gasteiger partial charge in [-0.3, -0.25) is 9.69 Å². The van der Waals surface area contributed by atoms with Crippen LogP contribution in [0.15, 0.2) is 24.3 Å². The van der Waals surface area contributed by atoms with Gasteiger partial charge in [0.2, 0.25) is 5.91 Å². The van der Waals surface area contributed by atoms with Crippen molar-refractivity contribution < 1.29 is 18.7 Å². The number of nitrogens with zero attached hydrogens (tertiary/aromatic N) is 3. The molecule has 2 aliphatic rings. The molecule has 2 heterocycles. The molecule has 2 saturated heterocycles. The first-order valence-corrected chi connectivity index (χ1v) is 7.76. The number of benzene rings is 1. The predicted molar refractivity (Wildman–Crippen MR) is 82.7 cm³/mol. The summed E-state index contributed by atoms with van der Waals surface area (Å²) in [5.74, 6) is -0.481. The average molecular weight is 321 g/mol. The average Bonchev–Trinajstić information content (AvgIpc) is 3.11. The van der Waals surface area contributed by atoms with Gasteiger partial charge in [0.05, 0.1) is 18.3 Å². The second kappa shape index (κ2) is 6.54. The van der Waals surface area contributed by atoms with Gasteiger partial charge in [0, 0.05) is 19.6 Å². The normalized spacial score (nSPS) is 21.4. The largest absolute Gasteiger partial charge is 0.448 e. The molecular formula is C16H20FN3O3. The van der Waals surface area contributed by atoms with Crippen LogP contribution in [0.4, 0.5) is 14.9 Å². The molecule has 23 heavy (non-hydrogen) atoms. The van der Waals surface area contributed by atoms with Gasteiger partial charge in [-0.15, -0.1) is 0 Å². The van der Waals surface area contributed by atoms with Crippen LogP contribution in [0.2, 0.25) is 0 Å². The third kappa shape index (κ3) is 3.14. The monoisotopic (exact) mass is 321 g/mol. The first-order valence-electron chi connectivity index (χ1n) is 7.76. The fourth-order valence-electron chi connectivity index (χ4n) is 3.05. The SMILES string of the molecule is CN(CCN1CCOC1=O)[C@@H]1CCN(c2ccccc2F)C1=O. The van der Waals surface area contributed by atoms with E-state index in [0.29, 0.717) is 44.9 Å². The maximum Gasteiger partial charge on any atom is 0.409 e. The summed E-state index contributed by atoms with van der Waals surface area (Å²) in [6, 6.07) is 6.03. The highest BCUT2D eigenvalue weighted by Crippen LogP contribution is 2.26. The van der Waals surface area contributed by atoms with Gasteiger partial charge in [0.15, 0.2) is 0 Å². The van der Waals surface area contributed by atoms with E-state index >= 15 is 0 Å². The van der Waals surface area contributed by atoms with Gasteiger partial charge in [0.1, 0.15) is 12.4 Å². The molecule has 124 valence electrons. The highest BCUT2D eigenvalue weighted by atomic mass is 19.1.